The zero-order chi connectivity index (χ0) is 12.0. The zero-order valence-electron chi connectivity index (χ0n) is 9.40. The van der Waals surface area contributed by atoms with Crippen LogP contribution in [0.1, 0.15) is 20.3 Å². The Balaban J connectivity index is 4.56. The molecule has 0 radical (unpaired) electrons. The van der Waals surface area contributed by atoms with Gasteiger partial charge in [-0.05, 0) is 12.8 Å². The molecule has 0 aromatic rings. The quantitative estimate of drug-likeness (QED) is 0.496. The minimum atomic E-state index is -0.894. The maximum absolute atomic E-state index is 11.3. The topological polar surface area (TPSA) is 69.7 Å². The van der Waals surface area contributed by atoms with E-state index in [1.54, 1.807) is 6.92 Å². The molecule has 0 amide bonds. The van der Waals surface area contributed by atoms with Gasteiger partial charge in [-0.3, -0.25) is 14.4 Å². The van der Waals surface area contributed by atoms with Crippen molar-refractivity contribution >= 4 is 17.7 Å². The molecule has 0 bridgehead atoms. The standard InChI is InChI=1S/C10H16O5/c1-6(5-8(12)14-3)9(7(2)11)10(13)15-4/h6,9H,5H2,1-4H3. The number of Topliss-reactive ketones (excluding diaryl/α,β-unsaturated/α-hetero) is 1. The van der Waals surface area contributed by atoms with Gasteiger partial charge < -0.3 is 9.47 Å². The summed E-state index contributed by atoms with van der Waals surface area (Å²) < 4.78 is 8.96. The average molecular weight is 216 g/mol. The molecule has 15 heavy (non-hydrogen) atoms. The van der Waals surface area contributed by atoms with E-state index < -0.39 is 23.8 Å². The molecule has 0 saturated carbocycles. The summed E-state index contributed by atoms with van der Waals surface area (Å²) in [6, 6.07) is 0. The molecule has 0 aromatic heterocycles. The largest absolute Gasteiger partial charge is 0.469 e. The van der Waals surface area contributed by atoms with E-state index >= 15 is 0 Å². The monoisotopic (exact) mass is 216 g/mol. The number of carbonyl (C=O) groups excluding carboxylic acids is 3. The number of hydrogen-bond acceptors (Lipinski definition) is 5. The first-order valence-electron chi connectivity index (χ1n) is 4.59. The van der Waals surface area contributed by atoms with Gasteiger partial charge in [0.15, 0.2) is 0 Å². The molecule has 2 atom stereocenters. The van der Waals surface area contributed by atoms with Gasteiger partial charge in [-0.2, -0.15) is 0 Å². The van der Waals surface area contributed by atoms with Crippen LogP contribution in [-0.4, -0.2) is 31.9 Å². The van der Waals surface area contributed by atoms with E-state index in [9.17, 15) is 14.4 Å². The molecule has 0 aromatic carbocycles. The van der Waals surface area contributed by atoms with Crippen LogP contribution in [0.5, 0.6) is 0 Å². The number of methoxy groups -OCH3 is 2. The number of ketones is 1. The smallest absolute Gasteiger partial charge is 0.316 e. The second-order valence-corrected chi connectivity index (χ2v) is 3.37. The van der Waals surface area contributed by atoms with Crippen molar-refractivity contribution in [2.45, 2.75) is 20.3 Å². The average Bonchev–Trinajstić information content (AvgIpc) is 2.16. The Hall–Kier alpha value is -1.39. The molecule has 0 heterocycles. The molecule has 5 nitrogen and oxygen atoms in total. The van der Waals surface area contributed by atoms with Crippen LogP contribution >= 0.6 is 0 Å². The summed E-state index contributed by atoms with van der Waals surface area (Å²) in [5.41, 5.74) is 0. The summed E-state index contributed by atoms with van der Waals surface area (Å²) >= 11 is 0. The second-order valence-electron chi connectivity index (χ2n) is 3.37. The molecule has 2 unspecified atom stereocenters. The number of ether oxygens (including phenoxy) is 2. The van der Waals surface area contributed by atoms with Gasteiger partial charge in [-0.15, -0.1) is 0 Å². The second kappa shape index (κ2) is 6.16. The van der Waals surface area contributed by atoms with Crippen molar-refractivity contribution in [2.24, 2.45) is 11.8 Å². The van der Waals surface area contributed by atoms with E-state index in [4.69, 9.17) is 0 Å². The lowest BCUT2D eigenvalue weighted by atomic mass is 9.88. The highest BCUT2D eigenvalue weighted by Gasteiger charge is 2.31. The molecule has 86 valence electrons. The van der Waals surface area contributed by atoms with Crippen molar-refractivity contribution in [1.29, 1.82) is 0 Å². The molecular weight excluding hydrogens is 200 g/mol. The van der Waals surface area contributed by atoms with Gasteiger partial charge in [0.1, 0.15) is 11.7 Å². The van der Waals surface area contributed by atoms with Crippen LogP contribution in [0, 0.1) is 11.8 Å². The molecule has 0 aliphatic carbocycles. The minimum Gasteiger partial charge on any atom is -0.469 e. The maximum Gasteiger partial charge on any atom is 0.316 e. The summed E-state index contributed by atoms with van der Waals surface area (Å²) in [6.45, 7) is 2.94. The Labute approximate surface area is 88.7 Å². The van der Waals surface area contributed by atoms with Crippen molar-refractivity contribution in [2.75, 3.05) is 14.2 Å². The molecule has 0 N–H and O–H groups in total. The van der Waals surface area contributed by atoms with E-state index in [-0.39, 0.29) is 12.2 Å². The first-order chi connectivity index (χ1) is 6.93. The highest BCUT2D eigenvalue weighted by atomic mass is 16.5. The SMILES string of the molecule is COC(=O)CC(C)C(C(C)=O)C(=O)OC. The van der Waals surface area contributed by atoms with Crippen LogP contribution in [-0.2, 0) is 23.9 Å². The summed E-state index contributed by atoms with van der Waals surface area (Å²) in [5.74, 6) is -2.67. The third-order valence-electron chi connectivity index (χ3n) is 2.18. The van der Waals surface area contributed by atoms with Crippen LogP contribution in [0.25, 0.3) is 0 Å². The van der Waals surface area contributed by atoms with Crippen LogP contribution in [0.15, 0.2) is 0 Å². The van der Waals surface area contributed by atoms with Crippen molar-refractivity contribution in [3.8, 4) is 0 Å². The number of rotatable bonds is 5. The summed E-state index contributed by atoms with van der Waals surface area (Å²) in [4.78, 5) is 33.4. The Kier molecular flexibility index (Phi) is 5.59. The normalized spacial score (nSPS) is 13.9. The van der Waals surface area contributed by atoms with Crippen molar-refractivity contribution in [3.05, 3.63) is 0 Å². The van der Waals surface area contributed by atoms with Gasteiger partial charge in [0.2, 0.25) is 0 Å². The molecule has 0 rings (SSSR count). The first-order valence-corrected chi connectivity index (χ1v) is 4.59. The summed E-state index contributed by atoms with van der Waals surface area (Å²) in [6.07, 6.45) is 0.0237. The van der Waals surface area contributed by atoms with E-state index in [0.717, 1.165) is 0 Å². The third kappa shape index (κ3) is 4.10. The summed E-state index contributed by atoms with van der Waals surface area (Å²) in [7, 11) is 2.47. The Bertz CT molecular complexity index is 259. The molecule has 0 saturated heterocycles. The van der Waals surface area contributed by atoms with Gasteiger partial charge in [0, 0.05) is 6.42 Å². The van der Waals surface area contributed by atoms with Crippen molar-refractivity contribution in [3.63, 3.8) is 0 Å². The van der Waals surface area contributed by atoms with Gasteiger partial charge in [0.25, 0.3) is 0 Å². The lowest BCUT2D eigenvalue weighted by Gasteiger charge is -2.17. The van der Waals surface area contributed by atoms with Gasteiger partial charge in [0.05, 0.1) is 14.2 Å². The van der Waals surface area contributed by atoms with Gasteiger partial charge in [-0.1, -0.05) is 6.92 Å². The van der Waals surface area contributed by atoms with Crippen LogP contribution in [0.3, 0.4) is 0 Å². The zero-order valence-corrected chi connectivity index (χ0v) is 9.40. The molecule has 5 heteroatoms. The summed E-state index contributed by atoms with van der Waals surface area (Å²) in [5, 5.41) is 0. The lowest BCUT2D eigenvalue weighted by Crippen LogP contribution is -2.31. The first kappa shape index (κ1) is 13.6. The van der Waals surface area contributed by atoms with E-state index in [1.165, 1.54) is 21.1 Å². The fourth-order valence-electron chi connectivity index (χ4n) is 1.39. The van der Waals surface area contributed by atoms with E-state index in [1.807, 2.05) is 0 Å². The Morgan fingerprint density at radius 2 is 1.67 bits per heavy atom. The molecule has 0 aliphatic rings. The maximum atomic E-state index is 11.3. The highest BCUT2D eigenvalue weighted by molar-refractivity contribution is 5.98. The fraction of sp³-hybridized carbons (Fsp3) is 0.700. The van der Waals surface area contributed by atoms with Gasteiger partial charge >= 0.3 is 11.9 Å². The molecule has 0 spiro atoms. The van der Waals surface area contributed by atoms with Crippen molar-refractivity contribution < 1.29 is 23.9 Å². The Morgan fingerprint density at radius 3 is 2.00 bits per heavy atom. The number of carbonyl (C=O) groups is 3. The molecular formula is C10H16O5. The van der Waals surface area contributed by atoms with E-state index in [2.05, 4.69) is 9.47 Å². The lowest BCUT2D eigenvalue weighted by molar-refractivity contribution is -0.152. The highest BCUT2D eigenvalue weighted by Crippen LogP contribution is 2.18. The van der Waals surface area contributed by atoms with E-state index in [0.29, 0.717) is 0 Å². The van der Waals surface area contributed by atoms with Crippen LogP contribution in [0.2, 0.25) is 0 Å². The third-order valence-corrected chi connectivity index (χ3v) is 2.18. The molecule has 0 aliphatic heterocycles. The minimum absolute atomic E-state index is 0.0237. The fourth-order valence-corrected chi connectivity index (χ4v) is 1.39. The van der Waals surface area contributed by atoms with Gasteiger partial charge in [-0.25, -0.2) is 0 Å². The van der Waals surface area contributed by atoms with Crippen molar-refractivity contribution in [1.82, 2.24) is 0 Å². The molecule has 0 fully saturated rings. The Morgan fingerprint density at radius 1 is 1.13 bits per heavy atom. The van der Waals surface area contributed by atoms with Crippen LogP contribution in [0.4, 0.5) is 0 Å². The predicted octanol–water partition coefficient (Wildman–Crippen LogP) is 0.564. The van der Waals surface area contributed by atoms with Crippen LogP contribution < -0.4 is 0 Å². The number of hydrogen-bond donors (Lipinski definition) is 0. The number of esters is 2. The predicted molar refractivity (Wildman–Crippen MR) is 52.0 cm³/mol.